The van der Waals surface area contributed by atoms with Gasteiger partial charge in [-0.15, -0.1) is 0 Å². The van der Waals surface area contributed by atoms with Crippen LogP contribution in [0.2, 0.25) is 10.0 Å². The molecule has 0 bridgehead atoms. The van der Waals surface area contributed by atoms with Crippen LogP contribution in [0, 0.1) is 0 Å². The fourth-order valence-corrected chi connectivity index (χ4v) is 4.10. The molecule has 1 saturated heterocycles. The van der Waals surface area contributed by atoms with Crippen LogP contribution >= 0.6 is 35.0 Å². The van der Waals surface area contributed by atoms with E-state index in [0.29, 0.717) is 15.6 Å². The van der Waals surface area contributed by atoms with Gasteiger partial charge in [-0.2, -0.15) is 0 Å². The summed E-state index contributed by atoms with van der Waals surface area (Å²) in [5.41, 5.74) is 1.66. The number of ether oxygens (including phenoxy) is 1. The molecular formula is C18H17Cl2NO2S. The number of carbonyl (C=O) groups excluding carboxylic acids is 1. The molecule has 3 nitrogen and oxygen atoms in total. The summed E-state index contributed by atoms with van der Waals surface area (Å²) in [5, 5.41) is 0.731. The molecule has 1 fully saturated rings. The van der Waals surface area contributed by atoms with Crippen molar-refractivity contribution in [2.75, 3.05) is 26.3 Å². The molecular weight excluding hydrogens is 365 g/mol. The lowest BCUT2D eigenvalue weighted by molar-refractivity contribution is 0.0338. The van der Waals surface area contributed by atoms with Crippen LogP contribution in [0.4, 0.5) is 0 Å². The first kappa shape index (κ1) is 17.8. The topological polar surface area (TPSA) is 29.5 Å². The second-order valence-corrected chi connectivity index (χ2v) is 7.34. The van der Waals surface area contributed by atoms with Crippen molar-refractivity contribution >= 4 is 41.2 Å². The summed E-state index contributed by atoms with van der Waals surface area (Å²) >= 11 is 14.1. The van der Waals surface area contributed by atoms with Crippen molar-refractivity contribution in [3.8, 4) is 0 Å². The van der Waals surface area contributed by atoms with Gasteiger partial charge in [0.2, 0.25) is 0 Å². The average Bonchev–Trinajstić information content (AvgIpc) is 2.62. The van der Waals surface area contributed by atoms with Gasteiger partial charge < -0.3 is 4.74 Å². The van der Waals surface area contributed by atoms with Gasteiger partial charge in [0.15, 0.2) is 6.29 Å². The molecule has 0 spiro atoms. The van der Waals surface area contributed by atoms with Crippen molar-refractivity contribution < 1.29 is 9.53 Å². The van der Waals surface area contributed by atoms with E-state index in [1.54, 1.807) is 17.8 Å². The van der Waals surface area contributed by atoms with Crippen molar-refractivity contribution in [2.45, 2.75) is 16.3 Å². The lowest BCUT2D eigenvalue weighted by Gasteiger charge is -2.27. The van der Waals surface area contributed by atoms with Crippen LogP contribution in [0.3, 0.4) is 0 Å². The Morgan fingerprint density at radius 1 is 1.04 bits per heavy atom. The Kier molecular flexibility index (Phi) is 6.19. The zero-order chi connectivity index (χ0) is 16.9. The third-order valence-electron chi connectivity index (χ3n) is 3.89. The van der Waals surface area contributed by atoms with Gasteiger partial charge in [-0.05, 0) is 23.8 Å². The number of hydrogen-bond donors (Lipinski definition) is 0. The summed E-state index contributed by atoms with van der Waals surface area (Å²) < 4.78 is 5.41. The highest BCUT2D eigenvalue weighted by molar-refractivity contribution is 7.99. The Balaban J connectivity index is 1.83. The molecule has 3 rings (SSSR count). The van der Waals surface area contributed by atoms with Crippen LogP contribution in [-0.4, -0.2) is 37.5 Å². The average molecular weight is 382 g/mol. The first-order valence-electron chi connectivity index (χ1n) is 7.68. The van der Waals surface area contributed by atoms with Crippen LogP contribution in [-0.2, 0) is 11.3 Å². The molecule has 2 aromatic carbocycles. The second kappa shape index (κ2) is 8.37. The van der Waals surface area contributed by atoms with Gasteiger partial charge in [0.05, 0.1) is 23.3 Å². The number of benzene rings is 2. The van der Waals surface area contributed by atoms with Gasteiger partial charge in [0, 0.05) is 35.0 Å². The Labute approximate surface area is 155 Å². The number of carbonyl (C=O) groups is 1. The maximum Gasteiger partial charge on any atom is 0.151 e. The SMILES string of the molecule is O=Cc1ccc(Sc2ccccc2CN2CCOCC2)c(Cl)c1Cl. The highest BCUT2D eigenvalue weighted by Crippen LogP contribution is 2.39. The van der Waals surface area contributed by atoms with Crippen LogP contribution in [0.25, 0.3) is 0 Å². The lowest BCUT2D eigenvalue weighted by Crippen LogP contribution is -2.35. The Hall–Kier alpha value is -1.04. The van der Waals surface area contributed by atoms with Crippen molar-refractivity contribution in [1.82, 2.24) is 4.90 Å². The standard InChI is InChI=1S/C18H17Cl2NO2S/c19-17-14(12-22)5-6-16(18(17)20)24-15-4-2-1-3-13(15)11-21-7-9-23-10-8-21/h1-6,12H,7-11H2. The first-order chi connectivity index (χ1) is 11.7. The highest BCUT2D eigenvalue weighted by Gasteiger charge is 2.15. The maximum atomic E-state index is 11.0. The van der Waals surface area contributed by atoms with E-state index >= 15 is 0 Å². The Bertz CT molecular complexity index is 733. The highest BCUT2D eigenvalue weighted by atomic mass is 35.5. The molecule has 0 amide bonds. The van der Waals surface area contributed by atoms with E-state index < -0.39 is 0 Å². The van der Waals surface area contributed by atoms with Crippen LogP contribution in [0.15, 0.2) is 46.2 Å². The molecule has 0 aromatic heterocycles. The Morgan fingerprint density at radius 2 is 1.79 bits per heavy atom. The maximum absolute atomic E-state index is 11.0. The zero-order valence-electron chi connectivity index (χ0n) is 13.0. The van der Waals surface area contributed by atoms with Gasteiger partial charge in [0.25, 0.3) is 0 Å². The van der Waals surface area contributed by atoms with Gasteiger partial charge >= 0.3 is 0 Å². The van der Waals surface area contributed by atoms with E-state index in [1.165, 1.54) is 5.56 Å². The van der Waals surface area contributed by atoms with Crippen LogP contribution in [0.1, 0.15) is 15.9 Å². The molecule has 0 atom stereocenters. The van der Waals surface area contributed by atoms with Gasteiger partial charge in [-0.1, -0.05) is 53.2 Å². The van der Waals surface area contributed by atoms with Crippen LogP contribution < -0.4 is 0 Å². The smallest absolute Gasteiger partial charge is 0.151 e. The second-order valence-electron chi connectivity index (χ2n) is 5.50. The van der Waals surface area contributed by atoms with Crippen molar-refractivity contribution in [3.63, 3.8) is 0 Å². The monoisotopic (exact) mass is 381 g/mol. The first-order valence-corrected chi connectivity index (χ1v) is 9.25. The molecule has 1 aliphatic heterocycles. The fraction of sp³-hybridized carbons (Fsp3) is 0.278. The van der Waals surface area contributed by atoms with E-state index in [4.69, 9.17) is 27.9 Å². The van der Waals surface area contributed by atoms with Gasteiger partial charge in [-0.25, -0.2) is 0 Å². The quantitative estimate of drug-likeness (QED) is 0.696. The molecule has 0 saturated carbocycles. The predicted octanol–water partition coefficient (Wildman–Crippen LogP) is 4.79. The van der Waals surface area contributed by atoms with Crippen molar-refractivity contribution in [1.29, 1.82) is 0 Å². The van der Waals surface area contributed by atoms with E-state index in [9.17, 15) is 4.79 Å². The third kappa shape index (κ3) is 4.13. The van der Waals surface area contributed by atoms with E-state index in [0.717, 1.165) is 48.9 Å². The van der Waals surface area contributed by atoms with E-state index in [-0.39, 0.29) is 0 Å². The fourth-order valence-electron chi connectivity index (χ4n) is 2.57. The molecule has 0 aliphatic carbocycles. The molecule has 0 radical (unpaired) electrons. The predicted molar refractivity (Wildman–Crippen MR) is 98.5 cm³/mol. The minimum Gasteiger partial charge on any atom is -0.379 e. The number of aldehydes is 1. The Morgan fingerprint density at radius 3 is 2.54 bits per heavy atom. The summed E-state index contributed by atoms with van der Waals surface area (Å²) in [6, 6.07) is 11.8. The van der Waals surface area contributed by atoms with Crippen molar-refractivity contribution in [2.24, 2.45) is 0 Å². The number of nitrogens with zero attached hydrogens (tertiary/aromatic N) is 1. The lowest BCUT2D eigenvalue weighted by atomic mass is 10.2. The normalized spacial score (nSPS) is 15.4. The summed E-state index contributed by atoms with van der Waals surface area (Å²) in [6.45, 7) is 4.33. The number of hydrogen-bond acceptors (Lipinski definition) is 4. The molecule has 6 heteroatoms. The summed E-state index contributed by atoms with van der Waals surface area (Å²) in [4.78, 5) is 15.3. The molecule has 0 N–H and O–H groups in total. The summed E-state index contributed by atoms with van der Waals surface area (Å²) in [6.07, 6.45) is 0.717. The van der Waals surface area contributed by atoms with Crippen molar-refractivity contribution in [3.05, 3.63) is 57.6 Å². The third-order valence-corrected chi connectivity index (χ3v) is 6.08. The zero-order valence-corrected chi connectivity index (χ0v) is 15.3. The summed E-state index contributed by atoms with van der Waals surface area (Å²) in [7, 11) is 0. The number of halogens is 2. The molecule has 1 aliphatic rings. The molecule has 2 aromatic rings. The largest absolute Gasteiger partial charge is 0.379 e. The van der Waals surface area contributed by atoms with E-state index in [2.05, 4.69) is 17.0 Å². The minimum absolute atomic E-state index is 0.308. The van der Waals surface area contributed by atoms with Gasteiger partial charge in [-0.3, -0.25) is 9.69 Å². The molecule has 24 heavy (non-hydrogen) atoms. The molecule has 1 heterocycles. The van der Waals surface area contributed by atoms with E-state index in [1.807, 2.05) is 18.2 Å². The van der Waals surface area contributed by atoms with Crippen LogP contribution in [0.5, 0.6) is 0 Å². The van der Waals surface area contributed by atoms with Gasteiger partial charge in [0.1, 0.15) is 0 Å². The molecule has 0 unspecified atom stereocenters. The molecule has 126 valence electrons. The number of morpholine rings is 1. The number of rotatable bonds is 5. The summed E-state index contributed by atoms with van der Waals surface area (Å²) in [5.74, 6) is 0. The minimum atomic E-state index is 0.308.